The third-order valence-corrected chi connectivity index (χ3v) is 4.28. The lowest BCUT2D eigenvalue weighted by Gasteiger charge is -2.31. The van der Waals surface area contributed by atoms with Crippen LogP contribution < -0.4 is 4.74 Å². The highest BCUT2D eigenvalue weighted by atomic mass is 16.5. The fraction of sp³-hybridized carbons (Fsp3) is 0.300. The topological polar surface area (TPSA) is 72.8 Å². The summed E-state index contributed by atoms with van der Waals surface area (Å²) in [6.45, 7) is 4.94. The van der Waals surface area contributed by atoms with Crippen LogP contribution in [0.15, 0.2) is 53.0 Å². The molecule has 2 rings (SSSR count). The smallest absolute Gasteiger partial charge is 0.199 e. The molecule has 0 radical (unpaired) electrons. The van der Waals surface area contributed by atoms with Gasteiger partial charge in [-0.2, -0.15) is 0 Å². The Balaban J connectivity index is 2.43. The van der Waals surface area contributed by atoms with E-state index in [2.05, 4.69) is 0 Å². The molecule has 0 bridgehead atoms. The van der Waals surface area contributed by atoms with Crippen molar-refractivity contribution in [3.05, 3.63) is 58.6 Å². The van der Waals surface area contributed by atoms with Crippen molar-refractivity contribution >= 4 is 17.6 Å². The van der Waals surface area contributed by atoms with Crippen LogP contribution >= 0.6 is 0 Å². The number of benzene rings is 1. The summed E-state index contributed by atoms with van der Waals surface area (Å²) >= 11 is 0. The van der Waals surface area contributed by atoms with Crippen LogP contribution in [0.1, 0.15) is 26.3 Å². The minimum atomic E-state index is -1.01. The van der Waals surface area contributed by atoms with Gasteiger partial charge in [0.2, 0.25) is 0 Å². The summed E-state index contributed by atoms with van der Waals surface area (Å²) in [7, 11) is 3.01. The van der Waals surface area contributed by atoms with E-state index in [0.717, 1.165) is 5.56 Å². The van der Waals surface area contributed by atoms with Crippen molar-refractivity contribution in [3.63, 3.8) is 0 Å². The number of carbonyl (C=O) groups excluding carboxylic acids is 2. The molecule has 25 heavy (non-hydrogen) atoms. The molecular weight excluding hydrogens is 320 g/mol. The first kappa shape index (κ1) is 18.5. The molecule has 0 unspecified atom stereocenters. The van der Waals surface area contributed by atoms with Crippen molar-refractivity contribution in [2.45, 2.75) is 20.8 Å². The van der Waals surface area contributed by atoms with Crippen molar-refractivity contribution < 1.29 is 24.2 Å². The highest BCUT2D eigenvalue weighted by Gasteiger charge is 2.45. The molecule has 0 fully saturated rings. The van der Waals surface area contributed by atoms with Crippen LogP contribution in [-0.2, 0) is 14.3 Å². The van der Waals surface area contributed by atoms with Crippen LogP contribution in [0.3, 0.4) is 0 Å². The standard InChI is InChI=1S/C20H22O5/c1-12-17(22)16(18(23)20(2,3)19(12)25-5)15(21)11-8-13-6-9-14(24-4)10-7-13/h6-11,21H,1-5H3/b11-8+,16-15+. The average Bonchev–Trinajstić information content (AvgIpc) is 2.59. The zero-order chi connectivity index (χ0) is 18.8. The Hall–Kier alpha value is -2.82. The highest BCUT2D eigenvalue weighted by molar-refractivity contribution is 6.30. The second-order valence-corrected chi connectivity index (χ2v) is 6.31. The molecule has 0 amide bonds. The third kappa shape index (κ3) is 3.36. The summed E-state index contributed by atoms with van der Waals surface area (Å²) in [4.78, 5) is 25.2. The molecule has 1 aliphatic carbocycles. The lowest BCUT2D eigenvalue weighted by molar-refractivity contribution is -0.127. The fourth-order valence-corrected chi connectivity index (χ4v) is 2.89. The lowest BCUT2D eigenvalue weighted by Crippen LogP contribution is -2.38. The number of aliphatic hydroxyl groups is 1. The van der Waals surface area contributed by atoms with Gasteiger partial charge in [0, 0.05) is 5.57 Å². The number of methoxy groups -OCH3 is 2. The minimum Gasteiger partial charge on any atom is -0.507 e. The van der Waals surface area contributed by atoms with E-state index < -0.39 is 17.0 Å². The van der Waals surface area contributed by atoms with Crippen LogP contribution in [0.2, 0.25) is 0 Å². The molecule has 132 valence electrons. The molecule has 0 saturated carbocycles. The number of aliphatic hydroxyl groups excluding tert-OH is 1. The van der Waals surface area contributed by atoms with Crippen LogP contribution in [0, 0.1) is 5.41 Å². The predicted octanol–water partition coefficient (Wildman–Crippen LogP) is 3.62. The van der Waals surface area contributed by atoms with Gasteiger partial charge in [0.05, 0.1) is 19.6 Å². The first-order chi connectivity index (χ1) is 11.7. The second-order valence-electron chi connectivity index (χ2n) is 6.31. The van der Waals surface area contributed by atoms with Crippen LogP contribution in [0.25, 0.3) is 6.08 Å². The molecule has 5 nitrogen and oxygen atoms in total. The van der Waals surface area contributed by atoms with Gasteiger partial charge in [0.15, 0.2) is 11.6 Å². The summed E-state index contributed by atoms with van der Waals surface area (Å²) in [6.07, 6.45) is 2.98. The monoisotopic (exact) mass is 342 g/mol. The van der Waals surface area contributed by atoms with Gasteiger partial charge in [-0.15, -0.1) is 0 Å². The molecule has 1 aromatic carbocycles. The summed E-state index contributed by atoms with van der Waals surface area (Å²) in [5.74, 6) is -0.284. The average molecular weight is 342 g/mol. The number of hydrogen-bond donors (Lipinski definition) is 1. The van der Waals surface area contributed by atoms with E-state index in [0.29, 0.717) is 17.1 Å². The van der Waals surface area contributed by atoms with Gasteiger partial charge < -0.3 is 14.6 Å². The predicted molar refractivity (Wildman–Crippen MR) is 95.2 cm³/mol. The number of carbonyl (C=O) groups is 2. The summed E-state index contributed by atoms with van der Waals surface area (Å²) in [5, 5.41) is 10.3. The first-order valence-electron chi connectivity index (χ1n) is 7.84. The van der Waals surface area contributed by atoms with Crippen LogP contribution in [-0.4, -0.2) is 30.9 Å². The van der Waals surface area contributed by atoms with Gasteiger partial charge in [-0.3, -0.25) is 9.59 Å². The van der Waals surface area contributed by atoms with Crippen molar-refractivity contribution in [2.75, 3.05) is 14.2 Å². The van der Waals surface area contributed by atoms with Gasteiger partial charge in [-0.05, 0) is 44.5 Å². The normalized spacial score (nSPS) is 19.4. The Morgan fingerprint density at radius 1 is 1.08 bits per heavy atom. The van der Waals surface area contributed by atoms with Crippen LogP contribution in [0.4, 0.5) is 0 Å². The van der Waals surface area contributed by atoms with Crippen LogP contribution in [0.5, 0.6) is 5.75 Å². The molecule has 0 spiro atoms. The number of allylic oxidation sites excluding steroid dienone is 4. The van der Waals surface area contributed by atoms with Gasteiger partial charge in [-0.25, -0.2) is 0 Å². The lowest BCUT2D eigenvalue weighted by atomic mass is 9.73. The number of hydrogen-bond acceptors (Lipinski definition) is 5. The zero-order valence-corrected chi connectivity index (χ0v) is 15.0. The van der Waals surface area contributed by atoms with E-state index in [4.69, 9.17) is 9.47 Å². The van der Waals surface area contributed by atoms with E-state index in [9.17, 15) is 14.7 Å². The zero-order valence-electron chi connectivity index (χ0n) is 15.0. The van der Waals surface area contributed by atoms with E-state index >= 15 is 0 Å². The maximum Gasteiger partial charge on any atom is 0.199 e. The molecule has 0 aromatic heterocycles. The molecule has 0 saturated heterocycles. The Kier molecular flexibility index (Phi) is 5.16. The van der Waals surface area contributed by atoms with Gasteiger partial charge in [0.25, 0.3) is 0 Å². The molecule has 0 heterocycles. The second kappa shape index (κ2) is 6.97. The Morgan fingerprint density at radius 2 is 1.68 bits per heavy atom. The van der Waals surface area contributed by atoms with E-state index in [-0.39, 0.29) is 11.3 Å². The number of Topliss-reactive ketones (excluding diaryl/α,β-unsaturated/α-hetero) is 2. The number of ether oxygens (including phenoxy) is 2. The van der Waals surface area contributed by atoms with E-state index in [1.807, 2.05) is 0 Å². The van der Waals surface area contributed by atoms with Gasteiger partial charge in [-0.1, -0.05) is 18.2 Å². The van der Waals surface area contributed by atoms with Gasteiger partial charge >= 0.3 is 0 Å². The molecule has 0 atom stereocenters. The third-order valence-electron chi connectivity index (χ3n) is 4.28. The summed E-state index contributed by atoms with van der Waals surface area (Å²) in [6, 6.07) is 7.16. The quantitative estimate of drug-likeness (QED) is 0.514. The number of ketones is 2. The maximum absolute atomic E-state index is 12.7. The molecule has 5 heteroatoms. The van der Waals surface area contributed by atoms with Crippen molar-refractivity contribution in [3.8, 4) is 5.75 Å². The number of rotatable bonds is 4. The maximum atomic E-state index is 12.7. The van der Waals surface area contributed by atoms with Crippen molar-refractivity contribution in [2.24, 2.45) is 5.41 Å². The Morgan fingerprint density at radius 3 is 2.20 bits per heavy atom. The fourth-order valence-electron chi connectivity index (χ4n) is 2.89. The first-order valence-corrected chi connectivity index (χ1v) is 7.84. The molecular formula is C20H22O5. The highest BCUT2D eigenvalue weighted by Crippen LogP contribution is 2.39. The Labute approximate surface area is 147 Å². The molecule has 1 aromatic rings. The summed E-state index contributed by atoms with van der Waals surface area (Å²) < 4.78 is 10.3. The molecule has 1 N–H and O–H groups in total. The molecule has 1 aliphatic rings. The SMILES string of the molecule is COC1=C(C)C(=O)/C(=C(O)/C=C/c2ccc(OC)cc2)C(=O)C1(C)C. The van der Waals surface area contributed by atoms with Crippen molar-refractivity contribution in [1.29, 1.82) is 0 Å². The summed E-state index contributed by atoms with van der Waals surface area (Å²) in [5.41, 5.74) is -0.100. The van der Waals surface area contributed by atoms with Crippen molar-refractivity contribution in [1.82, 2.24) is 0 Å². The minimum absolute atomic E-state index is 0.215. The van der Waals surface area contributed by atoms with E-state index in [1.54, 1.807) is 58.2 Å². The largest absolute Gasteiger partial charge is 0.507 e. The van der Waals surface area contributed by atoms with E-state index in [1.165, 1.54) is 13.2 Å². The Bertz CT molecular complexity index is 792. The molecule has 0 aliphatic heterocycles. The van der Waals surface area contributed by atoms with Gasteiger partial charge in [0.1, 0.15) is 22.8 Å².